The van der Waals surface area contributed by atoms with E-state index in [0.717, 1.165) is 19.4 Å². The summed E-state index contributed by atoms with van der Waals surface area (Å²) in [5.41, 5.74) is 0. The fraction of sp³-hybridized carbons (Fsp3) is 0.810. The maximum atomic E-state index is 13.0. The van der Waals surface area contributed by atoms with Gasteiger partial charge in [-0.2, -0.15) is 0 Å². The van der Waals surface area contributed by atoms with Gasteiger partial charge in [0, 0.05) is 0 Å². The Kier molecular flexibility index (Phi) is 10.2. The lowest BCUT2D eigenvalue weighted by Gasteiger charge is -2.29. The van der Waals surface area contributed by atoms with E-state index in [1.807, 2.05) is 13.8 Å². The Morgan fingerprint density at radius 1 is 0.900 bits per heavy atom. The number of carbonyl (C=O) groups is 4. The van der Waals surface area contributed by atoms with Crippen LogP contribution in [0.5, 0.6) is 0 Å². The Hall–Kier alpha value is -2.16. The second kappa shape index (κ2) is 11.9. The number of carboxylic acid groups (broad SMARTS) is 1. The quantitative estimate of drug-likeness (QED) is 0.329. The molecule has 5 atom stereocenters. The fourth-order valence-electron chi connectivity index (χ4n) is 3.40. The third kappa shape index (κ3) is 7.27. The van der Waals surface area contributed by atoms with Gasteiger partial charge >= 0.3 is 5.97 Å². The summed E-state index contributed by atoms with van der Waals surface area (Å²) in [6.07, 6.45) is 2.31. The molecule has 5 N–H and O–H groups in total. The van der Waals surface area contributed by atoms with Gasteiger partial charge in [0.15, 0.2) is 0 Å². The van der Waals surface area contributed by atoms with Gasteiger partial charge in [-0.05, 0) is 37.1 Å². The van der Waals surface area contributed by atoms with E-state index >= 15 is 0 Å². The second-order valence-corrected chi connectivity index (χ2v) is 8.82. The minimum atomic E-state index is -1.12. The fourth-order valence-corrected chi connectivity index (χ4v) is 3.40. The van der Waals surface area contributed by atoms with Crippen LogP contribution in [0.1, 0.15) is 60.8 Å². The third-order valence-electron chi connectivity index (χ3n) is 5.65. The molecule has 0 bridgehead atoms. The molecule has 1 saturated heterocycles. The molecule has 0 aliphatic carbocycles. The Morgan fingerprint density at radius 3 is 1.87 bits per heavy atom. The number of amides is 3. The summed E-state index contributed by atoms with van der Waals surface area (Å²) in [6.45, 7) is 11.5. The SMILES string of the molecule is CCC(C)C(NC(=O)C1CCCN1)C(=O)NC(C(=O)NC(C(=O)O)C(C)C)C(C)C. The zero-order chi connectivity index (χ0) is 23.0. The van der Waals surface area contributed by atoms with Crippen LogP contribution < -0.4 is 21.3 Å². The van der Waals surface area contributed by atoms with Crippen molar-refractivity contribution in [2.75, 3.05) is 6.54 Å². The summed E-state index contributed by atoms with van der Waals surface area (Å²) in [4.78, 5) is 49.7. The molecule has 1 aliphatic heterocycles. The summed E-state index contributed by atoms with van der Waals surface area (Å²) >= 11 is 0. The van der Waals surface area contributed by atoms with Crippen molar-refractivity contribution in [1.82, 2.24) is 21.3 Å². The molecule has 0 aromatic carbocycles. The molecule has 9 nitrogen and oxygen atoms in total. The molecule has 0 aromatic heterocycles. The highest BCUT2D eigenvalue weighted by atomic mass is 16.4. The molecule has 1 rings (SSSR count). The van der Waals surface area contributed by atoms with Crippen molar-refractivity contribution in [3.8, 4) is 0 Å². The minimum Gasteiger partial charge on any atom is -0.480 e. The predicted octanol–water partition coefficient (Wildman–Crippen LogP) is 0.636. The molecule has 1 heterocycles. The van der Waals surface area contributed by atoms with Crippen LogP contribution in [0.3, 0.4) is 0 Å². The lowest BCUT2D eigenvalue weighted by atomic mass is 9.95. The first-order chi connectivity index (χ1) is 14.0. The number of aliphatic carboxylic acids is 1. The van der Waals surface area contributed by atoms with Gasteiger partial charge in [-0.25, -0.2) is 4.79 Å². The first-order valence-corrected chi connectivity index (χ1v) is 10.9. The Labute approximate surface area is 179 Å². The van der Waals surface area contributed by atoms with E-state index in [0.29, 0.717) is 6.42 Å². The maximum Gasteiger partial charge on any atom is 0.326 e. The van der Waals surface area contributed by atoms with Crippen LogP contribution in [0, 0.1) is 17.8 Å². The molecule has 30 heavy (non-hydrogen) atoms. The minimum absolute atomic E-state index is 0.131. The first kappa shape index (κ1) is 25.9. The van der Waals surface area contributed by atoms with Crippen molar-refractivity contribution in [1.29, 1.82) is 0 Å². The largest absolute Gasteiger partial charge is 0.480 e. The highest BCUT2D eigenvalue weighted by Gasteiger charge is 2.34. The molecule has 0 spiro atoms. The second-order valence-electron chi connectivity index (χ2n) is 8.82. The van der Waals surface area contributed by atoms with Gasteiger partial charge in [-0.15, -0.1) is 0 Å². The Balaban J connectivity index is 2.91. The van der Waals surface area contributed by atoms with Gasteiger partial charge in [0.2, 0.25) is 17.7 Å². The summed E-state index contributed by atoms with van der Waals surface area (Å²) in [7, 11) is 0. The van der Waals surface area contributed by atoms with Crippen LogP contribution in [0.25, 0.3) is 0 Å². The molecule has 9 heteroatoms. The summed E-state index contributed by atoms with van der Waals surface area (Å²) in [5, 5.41) is 20.5. The van der Waals surface area contributed by atoms with Crippen LogP contribution in [-0.4, -0.2) is 59.5 Å². The number of nitrogens with one attached hydrogen (secondary N) is 4. The van der Waals surface area contributed by atoms with Crippen molar-refractivity contribution in [2.45, 2.75) is 85.0 Å². The molecule has 0 aromatic rings. The average molecular weight is 427 g/mol. The highest BCUT2D eigenvalue weighted by molar-refractivity contribution is 5.94. The van der Waals surface area contributed by atoms with E-state index in [1.165, 1.54) is 0 Å². The molecular formula is C21H38N4O5. The van der Waals surface area contributed by atoms with Gasteiger partial charge in [0.1, 0.15) is 18.1 Å². The van der Waals surface area contributed by atoms with E-state index in [2.05, 4.69) is 21.3 Å². The van der Waals surface area contributed by atoms with Gasteiger partial charge in [0.25, 0.3) is 0 Å². The zero-order valence-corrected chi connectivity index (χ0v) is 19.0. The van der Waals surface area contributed by atoms with Crippen molar-refractivity contribution in [2.24, 2.45) is 17.8 Å². The summed E-state index contributed by atoms with van der Waals surface area (Å²) in [6, 6.07) is -3.05. The van der Waals surface area contributed by atoms with Crippen molar-refractivity contribution < 1.29 is 24.3 Å². The molecule has 3 amide bonds. The smallest absolute Gasteiger partial charge is 0.326 e. The van der Waals surface area contributed by atoms with Crippen molar-refractivity contribution >= 4 is 23.7 Å². The number of carboxylic acids is 1. The number of hydrogen-bond acceptors (Lipinski definition) is 5. The normalized spacial score (nSPS) is 20.3. The zero-order valence-electron chi connectivity index (χ0n) is 19.0. The monoisotopic (exact) mass is 426 g/mol. The topological polar surface area (TPSA) is 137 Å². The number of carbonyl (C=O) groups excluding carboxylic acids is 3. The summed E-state index contributed by atoms with van der Waals surface area (Å²) in [5.74, 6) is -3.03. The van der Waals surface area contributed by atoms with E-state index in [9.17, 15) is 24.3 Å². The van der Waals surface area contributed by atoms with Gasteiger partial charge in [0.05, 0.1) is 6.04 Å². The van der Waals surface area contributed by atoms with Crippen LogP contribution in [0.15, 0.2) is 0 Å². The number of rotatable bonds is 11. The lowest BCUT2D eigenvalue weighted by Crippen LogP contribution is -2.60. The van der Waals surface area contributed by atoms with Gasteiger partial charge in [-0.1, -0.05) is 48.0 Å². The Morgan fingerprint density at radius 2 is 1.43 bits per heavy atom. The van der Waals surface area contributed by atoms with Crippen molar-refractivity contribution in [3.05, 3.63) is 0 Å². The molecule has 0 saturated carbocycles. The number of hydrogen-bond donors (Lipinski definition) is 5. The first-order valence-electron chi connectivity index (χ1n) is 10.9. The van der Waals surface area contributed by atoms with E-state index < -0.39 is 35.9 Å². The molecule has 1 aliphatic rings. The standard InChI is InChI=1S/C21H38N4O5/c1-7-13(6)17(25-18(26)14-9-8-10-22-14)20(28)23-15(11(2)3)19(27)24-16(12(4)5)21(29)30/h11-17,22H,7-10H2,1-6H3,(H,23,28)(H,24,27)(H,25,26)(H,29,30). The molecule has 0 radical (unpaired) electrons. The molecular weight excluding hydrogens is 388 g/mol. The molecule has 172 valence electrons. The highest BCUT2D eigenvalue weighted by Crippen LogP contribution is 2.13. The van der Waals surface area contributed by atoms with Crippen molar-refractivity contribution in [3.63, 3.8) is 0 Å². The lowest BCUT2D eigenvalue weighted by molar-refractivity contribution is -0.144. The molecule has 5 unspecified atom stereocenters. The summed E-state index contributed by atoms with van der Waals surface area (Å²) < 4.78 is 0. The van der Waals surface area contributed by atoms with Crippen LogP contribution in [-0.2, 0) is 19.2 Å². The Bertz CT molecular complexity index is 617. The van der Waals surface area contributed by atoms with Gasteiger partial charge in [-0.3, -0.25) is 14.4 Å². The van der Waals surface area contributed by atoms with E-state index in [4.69, 9.17) is 0 Å². The van der Waals surface area contributed by atoms with Crippen LogP contribution >= 0.6 is 0 Å². The molecule has 1 fully saturated rings. The average Bonchev–Trinajstić information content (AvgIpc) is 3.21. The predicted molar refractivity (Wildman–Crippen MR) is 114 cm³/mol. The van der Waals surface area contributed by atoms with Crippen LogP contribution in [0.4, 0.5) is 0 Å². The van der Waals surface area contributed by atoms with Crippen LogP contribution in [0.2, 0.25) is 0 Å². The maximum absolute atomic E-state index is 13.0. The van der Waals surface area contributed by atoms with E-state index in [-0.39, 0.29) is 29.7 Å². The van der Waals surface area contributed by atoms with E-state index in [1.54, 1.807) is 27.7 Å². The third-order valence-corrected chi connectivity index (χ3v) is 5.65. The van der Waals surface area contributed by atoms with Gasteiger partial charge < -0.3 is 26.4 Å².